The molecule has 1 aromatic heterocycles. The molecule has 0 saturated heterocycles. The fourth-order valence-corrected chi connectivity index (χ4v) is 3.53. The van der Waals surface area contributed by atoms with E-state index in [-0.39, 0.29) is 0 Å². The molecule has 3 N–H and O–H groups in total. The second kappa shape index (κ2) is 6.41. The van der Waals surface area contributed by atoms with Gasteiger partial charge in [0, 0.05) is 37.8 Å². The van der Waals surface area contributed by atoms with Crippen molar-refractivity contribution in [2.45, 2.75) is 44.1 Å². The predicted octanol–water partition coefficient (Wildman–Crippen LogP) is 2.30. The largest absolute Gasteiger partial charge is 0.338 e. The van der Waals surface area contributed by atoms with E-state index in [2.05, 4.69) is 39.2 Å². The first-order chi connectivity index (χ1) is 10.3. The highest BCUT2D eigenvalue weighted by molar-refractivity contribution is 5.33. The van der Waals surface area contributed by atoms with Crippen molar-refractivity contribution in [2.75, 3.05) is 0 Å². The lowest BCUT2D eigenvalue weighted by atomic mass is 9.78. The Kier molecular flexibility index (Phi) is 4.36. The van der Waals surface area contributed by atoms with Crippen LogP contribution in [0.3, 0.4) is 0 Å². The third-order valence-corrected chi connectivity index (χ3v) is 4.72. The Morgan fingerprint density at radius 3 is 3.05 bits per heavy atom. The maximum atomic E-state index is 5.86. The number of nitrogens with zero attached hydrogens (tertiary/aromatic N) is 2. The highest BCUT2D eigenvalue weighted by Crippen LogP contribution is 2.34. The van der Waals surface area contributed by atoms with Gasteiger partial charge in [0.1, 0.15) is 5.82 Å². The zero-order valence-electron chi connectivity index (χ0n) is 12.6. The van der Waals surface area contributed by atoms with Gasteiger partial charge >= 0.3 is 0 Å². The van der Waals surface area contributed by atoms with Gasteiger partial charge in [-0.2, -0.15) is 0 Å². The maximum Gasteiger partial charge on any atom is 0.108 e. The number of nitrogens with two attached hydrogens (primary N) is 1. The number of hydrogen-bond acceptors (Lipinski definition) is 3. The van der Waals surface area contributed by atoms with Gasteiger partial charge in [-0.25, -0.2) is 4.98 Å². The lowest BCUT2D eigenvalue weighted by Gasteiger charge is -2.32. The van der Waals surface area contributed by atoms with E-state index < -0.39 is 0 Å². The molecule has 0 spiro atoms. The first-order valence-corrected chi connectivity index (χ1v) is 7.79. The van der Waals surface area contributed by atoms with Crippen molar-refractivity contribution in [2.24, 2.45) is 12.9 Å². The molecular formula is C17H24N4. The van der Waals surface area contributed by atoms with Crippen molar-refractivity contribution in [3.8, 4) is 0 Å². The molecule has 1 aromatic carbocycles. The summed E-state index contributed by atoms with van der Waals surface area (Å²) >= 11 is 0. The number of benzene rings is 1. The van der Waals surface area contributed by atoms with E-state index in [0.29, 0.717) is 12.0 Å². The summed E-state index contributed by atoms with van der Waals surface area (Å²) in [6.45, 7) is 0. The van der Waals surface area contributed by atoms with Gasteiger partial charge < -0.3 is 4.57 Å². The number of rotatable bonds is 5. The molecule has 3 rings (SSSR count). The average Bonchev–Trinajstić information content (AvgIpc) is 2.93. The Morgan fingerprint density at radius 2 is 2.29 bits per heavy atom. The summed E-state index contributed by atoms with van der Waals surface area (Å²) in [5.74, 6) is 7.50. The summed E-state index contributed by atoms with van der Waals surface area (Å²) in [7, 11) is 2.04. The van der Waals surface area contributed by atoms with E-state index in [0.717, 1.165) is 18.7 Å². The first kappa shape index (κ1) is 14.3. The van der Waals surface area contributed by atoms with Crippen molar-refractivity contribution in [3.05, 3.63) is 53.6 Å². The van der Waals surface area contributed by atoms with Crippen LogP contribution in [0.15, 0.2) is 36.7 Å². The highest BCUT2D eigenvalue weighted by Gasteiger charge is 2.27. The molecule has 21 heavy (non-hydrogen) atoms. The van der Waals surface area contributed by atoms with Gasteiger partial charge in [0.05, 0.1) is 0 Å². The van der Waals surface area contributed by atoms with Gasteiger partial charge in [0.2, 0.25) is 0 Å². The number of hydrazine groups is 1. The number of aryl methyl sites for hydroxylation is 3. The molecule has 0 aliphatic heterocycles. The summed E-state index contributed by atoms with van der Waals surface area (Å²) in [5.41, 5.74) is 6.03. The lowest BCUT2D eigenvalue weighted by molar-refractivity contribution is 0.375. The van der Waals surface area contributed by atoms with Gasteiger partial charge in [-0.3, -0.25) is 11.3 Å². The topological polar surface area (TPSA) is 55.9 Å². The summed E-state index contributed by atoms with van der Waals surface area (Å²) in [6, 6.07) is 9.12. The molecule has 2 aromatic rings. The quantitative estimate of drug-likeness (QED) is 0.654. The highest BCUT2D eigenvalue weighted by atomic mass is 15.2. The van der Waals surface area contributed by atoms with Crippen LogP contribution >= 0.6 is 0 Å². The van der Waals surface area contributed by atoms with Gasteiger partial charge in [0.25, 0.3) is 0 Å². The molecule has 0 amide bonds. The van der Waals surface area contributed by atoms with Crippen molar-refractivity contribution in [1.29, 1.82) is 0 Å². The van der Waals surface area contributed by atoms with Crippen LogP contribution in [-0.4, -0.2) is 15.6 Å². The fraction of sp³-hybridized carbons (Fsp3) is 0.471. The van der Waals surface area contributed by atoms with E-state index in [9.17, 15) is 0 Å². The molecule has 4 heteroatoms. The second-order valence-corrected chi connectivity index (χ2v) is 5.96. The van der Waals surface area contributed by atoms with E-state index in [1.807, 2.05) is 19.4 Å². The number of nitrogens with one attached hydrogen (secondary N) is 1. The Morgan fingerprint density at radius 1 is 1.43 bits per heavy atom. The summed E-state index contributed by atoms with van der Waals surface area (Å²) in [5, 5.41) is 0. The zero-order chi connectivity index (χ0) is 14.7. The molecular weight excluding hydrogens is 260 g/mol. The van der Waals surface area contributed by atoms with E-state index in [1.165, 1.54) is 30.4 Å². The van der Waals surface area contributed by atoms with Gasteiger partial charge in [-0.15, -0.1) is 0 Å². The predicted molar refractivity (Wildman–Crippen MR) is 84.8 cm³/mol. The van der Waals surface area contributed by atoms with Gasteiger partial charge in [-0.1, -0.05) is 24.3 Å². The van der Waals surface area contributed by atoms with Crippen LogP contribution in [-0.2, 0) is 19.9 Å². The molecule has 2 atom stereocenters. The Bertz CT molecular complexity index is 590. The zero-order valence-corrected chi connectivity index (χ0v) is 12.6. The SMILES string of the molecule is Cn1ccnc1CCC(NN)C1CCCc2ccccc21. The molecule has 0 radical (unpaired) electrons. The monoisotopic (exact) mass is 284 g/mol. The van der Waals surface area contributed by atoms with Crippen LogP contribution in [0.4, 0.5) is 0 Å². The number of aromatic nitrogens is 2. The van der Waals surface area contributed by atoms with Crippen LogP contribution in [0.5, 0.6) is 0 Å². The third kappa shape index (κ3) is 3.01. The van der Waals surface area contributed by atoms with Crippen molar-refractivity contribution in [3.63, 3.8) is 0 Å². The number of fused-ring (bicyclic) bond motifs is 1. The molecule has 1 heterocycles. The second-order valence-electron chi connectivity index (χ2n) is 5.96. The lowest BCUT2D eigenvalue weighted by Crippen LogP contribution is -2.41. The van der Waals surface area contributed by atoms with Crippen molar-refractivity contribution < 1.29 is 0 Å². The molecule has 1 aliphatic carbocycles. The Labute approximate surface area is 126 Å². The van der Waals surface area contributed by atoms with Crippen LogP contribution in [0.25, 0.3) is 0 Å². The van der Waals surface area contributed by atoms with Crippen LogP contribution in [0.2, 0.25) is 0 Å². The molecule has 4 nitrogen and oxygen atoms in total. The summed E-state index contributed by atoms with van der Waals surface area (Å²) in [6.07, 6.45) is 9.49. The van der Waals surface area contributed by atoms with Crippen molar-refractivity contribution in [1.82, 2.24) is 15.0 Å². The summed E-state index contributed by atoms with van der Waals surface area (Å²) in [4.78, 5) is 4.41. The van der Waals surface area contributed by atoms with E-state index in [1.54, 1.807) is 0 Å². The minimum absolute atomic E-state index is 0.308. The van der Waals surface area contributed by atoms with Crippen LogP contribution < -0.4 is 11.3 Å². The molecule has 0 saturated carbocycles. The normalized spacial score (nSPS) is 19.2. The number of hydrogen-bond donors (Lipinski definition) is 2. The minimum atomic E-state index is 0.308. The van der Waals surface area contributed by atoms with E-state index in [4.69, 9.17) is 5.84 Å². The van der Waals surface area contributed by atoms with Crippen LogP contribution in [0.1, 0.15) is 42.1 Å². The van der Waals surface area contributed by atoms with E-state index >= 15 is 0 Å². The van der Waals surface area contributed by atoms with Gasteiger partial charge in [0.15, 0.2) is 0 Å². The maximum absolute atomic E-state index is 5.86. The Balaban J connectivity index is 1.73. The van der Waals surface area contributed by atoms with Crippen molar-refractivity contribution >= 4 is 0 Å². The third-order valence-electron chi connectivity index (χ3n) is 4.72. The molecule has 0 bridgehead atoms. The smallest absolute Gasteiger partial charge is 0.108 e. The minimum Gasteiger partial charge on any atom is -0.338 e. The van der Waals surface area contributed by atoms with Gasteiger partial charge in [-0.05, 0) is 36.8 Å². The molecule has 0 fully saturated rings. The molecule has 1 aliphatic rings. The average molecular weight is 284 g/mol. The van der Waals surface area contributed by atoms with Crippen LogP contribution in [0, 0.1) is 0 Å². The standard InChI is InChI=1S/C17H24N4/c1-21-12-11-19-17(21)10-9-16(20-18)15-8-4-6-13-5-2-3-7-14(13)15/h2-3,5,7,11-12,15-16,20H,4,6,8-10,18H2,1H3. The molecule has 2 unspecified atom stereocenters. The fourth-order valence-electron chi connectivity index (χ4n) is 3.53. The Hall–Kier alpha value is -1.65. The first-order valence-electron chi connectivity index (χ1n) is 7.79. The summed E-state index contributed by atoms with van der Waals surface area (Å²) < 4.78 is 2.09. The molecule has 112 valence electrons. The number of imidazole rings is 1.